The lowest BCUT2D eigenvalue weighted by Crippen LogP contribution is -2.55. The Hall–Kier alpha value is -2.02. The van der Waals surface area contributed by atoms with E-state index < -0.39 is 11.7 Å². The third-order valence-corrected chi connectivity index (χ3v) is 5.70. The molecule has 0 aromatic heterocycles. The summed E-state index contributed by atoms with van der Waals surface area (Å²) in [5.41, 5.74) is 0.0204. The molecule has 0 radical (unpaired) electrons. The number of carbonyl (C=O) groups excluding carboxylic acids is 1. The number of alkyl halides is 3. The van der Waals surface area contributed by atoms with E-state index >= 15 is 0 Å². The van der Waals surface area contributed by atoms with Crippen LogP contribution in [-0.2, 0) is 11.0 Å². The molecule has 0 saturated carbocycles. The van der Waals surface area contributed by atoms with Gasteiger partial charge in [-0.15, -0.1) is 0 Å². The van der Waals surface area contributed by atoms with Gasteiger partial charge in [-0.3, -0.25) is 9.69 Å². The van der Waals surface area contributed by atoms with Gasteiger partial charge in [-0.25, -0.2) is 0 Å². The van der Waals surface area contributed by atoms with Crippen LogP contribution in [0.25, 0.3) is 0 Å². The second-order valence-electron chi connectivity index (χ2n) is 8.25. The molecule has 1 amide bonds. The van der Waals surface area contributed by atoms with Crippen LogP contribution in [0.2, 0.25) is 0 Å². The molecule has 2 fully saturated rings. The van der Waals surface area contributed by atoms with Crippen molar-refractivity contribution in [1.82, 2.24) is 9.80 Å². The van der Waals surface area contributed by atoms with Crippen molar-refractivity contribution in [2.24, 2.45) is 5.92 Å². The zero-order valence-corrected chi connectivity index (χ0v) is 17.2. The van der Waals surface area contributed by atoms with E-state index in [4.69, 9.17) is 0 Å². The van der Waals surface area contributed by atoms with E-state index in [9.17, 15) is 18.0 Å². The van der Waals surface area contributed by atoms with Crippen molar-refractivity contribution in [3.63, 3.8) is 0 Å². The van der Waals surface area contributed by atoms with Crippen LogP contribution in [0.3, 0.4) is 0 Å². The van der Waals surface area contributed by atoms with Crippen molar-refractivity contribution >= 4 is 11.6 Å². The van der Waals surface area contributed by atoms with Crippen LogP contribution < -0.4 is 4.90 Å². The lowest BCUT2D eigenvalue weighted by molar-refractivity contribution is -0.137. The van der Waals surface area contributed by atoms with E-state index in [0.29, 0.717) is 30.7 Å². The van der Waals surface area contributed by atoms with E-state index in [0.717, 1.165) is 45.1 Å². The van der Waals surface area contributed by atoms with Gasteiger partial charge in [-0.1, -0.05) is 26.0 Å². The Morgan fingerprint density at radius 3 is 2.52 bits per heavy atom. The molecule has 1 aromatic carbocycles. The zero-order chi connectivity index (χ0) is 21.0. The minimum atomic E-state index is -4.32. The van der Waals surface area contributed by atoms with Gasteiger partial charge in [0, 0.05) is 51.0 Å². The van der Waals surface area contributed by atoms with Crippen LogP contribution in [0.1, 0.15) is 32.3 Å². The quantitative estimate of drug-likeness (QED) is 0.703. The summed E-state index contributed by atoms with van der Waals surface area (Å²) in [6.45, 7) is 8.60. The first-order valence-electron chi connectivity index (χ1n) is 10.4. The van der Waals surface area contributed by atoms with Crippen molar-refractivity contribution in [3.05, 3.63) is 42.0 Å². The van der Waals surface area contributed by atoms with Crippen LogP contribution in [0, 0.1) is 5.92 Å². The number of nitrogens with zero attached hydrogens (tertiary/aromatic N) is 3. The number of piperazine rings is 1. The molecule has 7 heteroatoms. The summed E-state index contributed by atoms with van der Waals surface area (Å²) >= 11 is 0. The second kappa shape index (κ2) is 9.20. The van der Waals surface area contributed by atoms with E-state index in [1.54, 1.807) is 12.1 Å². The number of hydrogen-bond acceptors (Lipinski definition) is 3. The Labute approximate surface area is 171 Å². The number of likely N-dealkylation sites (tertiary alicyclic amines) is 1. The molecule has 4 nitrogen and oxygen atoms in total. The Kier molecular flexibility index (Phi) is 6.88. The van der Waals surface area contributed by atoms with E-state index in [-0.39, 0.29) is 5.91 Å². The SMILES string of the molecule is CC(C)/C=C/C(=O)N1CCC[C@H](N2CCN(c3cccc(C(F)(F)F)c3)CC2)C1. The van der Waals surface area contributed by atoms with Gasteiger partial charge in [0.2, 0.25) is 5.91 Å². The van der Waals surface area contributed by atoms with Crippen molar-refractivity contribution < 1.29 is 18.0 Å². The summed E-state index contributed by atoms with van der Waals surface area (Å²) in [6, 6.07) is 5.88. The summed E-state index contributed by atoms with van der Waals surface area (Å²) in [5, 5.41) is 0. The molecule has 2 heterocycles. The lowest BCUT2D eigenvalue weighted by atomic mass is 10.0. The van der Waals surface area contributed by atoms with E-state index in [1.807, 2.05) is 29.7 Å². The predicted molar refractivity (Wildman–Crippen MR) is 109 cm³/mol. The van der Waals surface area contributed by atoms with Crippen LogP contribution >= 0.6 is 0 Å². The van der Waals surface area contributed by atoms with Gasteiger partial charge in [0.15, 0.2) is 0 Å². The summed E-state index contributed by atoms with van der Waals surface area (Å²) in [6.07, 6.45) is 1.33. The molecule has 2 saturated heterocycles. The number of anilines is 1. The summed E-state index contributed by atoms with van der Waals surface area (Å²) < 4.78 is 38.9. The Bertz CT molecular complexity index is 724. The fraction of sp³-hybridized carbons (Fsp3) is 0.591. The highest BCUT2D eigenvalue weighted by Crippen LogP contribution is 2.32. The molecular formula is C22H30F3N3O. The highest BCUT2D eigenvalue weighted by atomic mass is 19.4. The number of rotatable bonds is 4. The Morgan fingerprint density at radius 1 is 1.14 bits per heavy atom. The number of hydrogen-bond donors (Lipinski definition) is 0. The number of amides is 1. The molecule has 0 N–H and O–H groups in total. The predicted octanol–water partition coefficient (Wildman–Crippen LogP) is 4.03. The standard InChI is InChI=1S/C22H30F3N3O/c1-17(2)8-9-21(29)28-10-4-7-20(16-28)27-13-11-26(12-14-27)19-6-3-5-18(15-19)22(23,24)25/h3,5-6,8-9,15,17,20H,4,7,10-14,16H2,1-2H3/b9-8+/t20-/m0/s1. The third kappa shape index (κ3) is 5.75. The van der Waals surface area contributed by atoms with Crippen LogP contribution in [-0.4, -0.2) is 61.0 Å². The molecule has 1 atom stereocenters. The second-order valence-corrected chi connectivity index (χ2v) is 8.25. The average Bonchev–Trinajstić information content (AvgIpc) is 2.71. The van der Waals surface area contributed by atoms with Crippen LogP contribution in [0.4, 0.5) is 18.9 Å². The highest BCUT2D eigenvalue weighted by molar-refractivity contribution is 5.87. The fourth-order valence-corrected chi connectivity index (χ4v) is 4.06. The summed E-state index contributed by atoms with van der Waals surface area (Å²) in [5.74, 6) is 0.425. The normalized spacial score (nSPS) is 21.9. The number of allylic oxidation sites excluding steroid dienone is 1. The molecule has 3 rings (SSSR count). The third-order valence-electron chi connectivity index (χ3n) is 5.70. The Balaban J connectivity index is 1.56. The fourth-order valence-electron chi connectivity index (χ4n) is 4.06. The van der Waals surface area contributed by atoms with Crippen LogP contribution in [0.5, 0.6) is 0 Å². The first kappa shape index (κ1) is 21.7. The summed E-state index contributed by atoms with van der Waals surface area (Å²) in [7, 11) is 0. The van der Waals surface area contributed by atoms with Gasteiger partial charge in [-0.05, 0) is 43.0 Å². The van der Waals surface area contributed by atoms with Gasteiger partial charge in [0.25, 0.3) is 0 Å². The molecule has 0 bridgehead atoms. The number of halogens is 3. The van der Waals surface area contributed by atoms with Crippen molar-refractivity contribution in [2.45, 2.75) is 38.9 Å². The molecule has 0 aliphatic carbocycles. The van der Waals surface area contributed by atoms with Gasteiger partial charge < -0.3 is 9.80 Å². The number of carbonyl (C=O) groups is 1. The van der Waals surface area contributed by atoms with Crippen molar-refractivity contribution in [2.75, 3.05) is 44.2 Å². The largest absolute Gasteiger partial charge is 0.416 e. The monoisotopic (exact) mass is 409 g/mol. The van der Waals surface area contributed by atoms with Gasteiger partial charge in [0.1, 0.15) is 0 Å². The number of benzene rings is 1. The average molecular weight is 409 g/mol. The molecule has 0 unspecified atom stereocenters. The molecule has 0 spiro atoms. The Morgan fingerprint density at radius 2 is 1.86 bits per heavy atom. The van der Waals surface area contributed by atoms with E-state index in [2.05, 4.69) is 4.90 Å². The first-order valence-corrected chi connectivity index (χ1v) is 10.4. The summed E-state index contributed by atoms with van der Waals surface area (Å²) in [4.78, 5) is 18.7. The molecule has 160 valence electrons. The minimum absolute atomic E-state index is 0.0750. The smallest absolute Gasteiger partial charge is 0.369 e. The maximum Gasteiger partial charge on any atom is 0.416 e. The maximum atomic E-state index is 13.0. The first-order chi connectivity index (χ1) is 13.7. The maximum absolute atomic E-state index is 13.0. The van der Waals surface area contributed by atoms with E-state index in [1.165, 1.54) is 12.1 Å². The van der Waals surface area contributed by atoms with Crippen molar-refractivity contribution in [1.29, 1.82) is 0 Å². The highest BCUT2D eigenvalue weighted by Gasteiger charge is 2.32. The van der Waals surface area contributed by atoms with Crippen LogP contribution in [0.15, 0.2) is 36.4 Å². The zero-order valence-electron chi connectivity index (χ0n) is 17.2. The molecular weight excluding hydrogens is 379 g/mol. The molecule has 2 aliphatic rings. The van der Waals surface area contributed by atoms with Gasteiger partial charge in [-0.2, -0.15) is 13.2 Å². The molecule has 2 aliphatic heterocycles. The van der Waals surface area contributed by atoms with Gasteiger partial charge in [0.05, 0.1) is 5.56 Å². The molecule has 1 aromatic rings. The number of piperidine rings is 1. The lowest BCUT2D eigenvalue weighted by Gasteiger charge is -2.43. The minimum Gasteiger partial charge on any atom is -0.369 e. The molecule has 29 heavy (non-hydrogen) atoms. The topological polar surface area (TPSA) is 26.8 Å². The van der Waals surface area contributed by atoms with Crippen molar-refractivity contribution in [3.8, 4) is 0 Å². The van der Waals surface area contributed by atoms with Gasteiger partial charge >= 0.3 is 6.18 Å².